The van der Waals surface area contributed by atoms with E-state index in [1.165, 1.54) is 37.7 Å². The molecule has 1 aliphatic heterocycles. The third-order valence-electron chi connectivity index (χ3n) is 10.2. The highest BCUT2D eigenvalue weighted by molar-refractivity contribution is 6.01. The number of fused-ring (bicyclic) bond motifs is 1. The summed E-state index contributed by atoms with van der Waals surface area (Å²) in [6.07, 6.45) is 8.46. The number of aryl methyl sites for hydroxylation is 1. The molecule has 9 nitrogen and oxygen atoms in total. The summed E-state index contributed by atoms with van der Waals surface area (Å²) in [6, 6.07) is 29.2. The summed E-state index contributed by atoms with van der Waals surface area (Å²) in [6.45, 7) is 5.31. The second kappa shape index (κ2) is 15.6. The zero-order valence-electron chi connectivity index (χ0n) is 28.4. The number of nitrogens with one attached hydrogen (secondary N) is 3. The highest BCUT2D eigenvalue weighted by atomic mass is 16.2. The Balaban J connectivity index is 1.18. The molecule has 1 aliphatic carbocycles. The molecule has 256 valence electrons. The minimum atomic E-state index is -1.47. The van der Waals surface area contributed by atoms with Crippen LogP contribution in [0.5, 0.6) is 0 Å². The Labute approximate surface area is 289 Å². The number of hydrogen-bond acceptors (Lipinski definition) is 5. The number of amides is 4. The fraction of sp³-hybridized carbons (Fsp3) is 0.375. The van der Waals surface area contributed by atoms with Crippen molar-refractivity contribution in [2.24, 2.45) is 5.73 Å². The lowest BCUT2D eigenvalue weighted by atomic mass is 9.87. The van der Waals surface area contributed by atoms with E-state index in [1.807, 2.05) is 72.8 Å². The Kier molecular flexibility index (Phi) is 10.8. The predicted molar refractivity (Wildman–Crippen MR) is 198 cm³/mol. The number of piperazine rings is 1. The van der Waals surface area contributed by atoms with Crippen LogP contribution in [0.1, 0.15) is 63.0 Å². The lowest BCUT2D eigenvalue weighted by Crippen LogP contribution is -2.54. The van der Waals surface area contributed by atoms with Crippen molar-refractivity contribution < 1.29 is 14.4 Å². The van der Waals surface area contributed by atoms with Gasteiger partial charge in [0.15, 0.2) is 0 Å². The Hall–Kier alpha value is -4.89. The fourth-order valence-corrected chi connectivity index (χ4v) is 7.39. The molecule has 5 N–H and O–H groups in total. The molecule has 1 saturated carbocycles. The quantitative estimate of drug-likeness (QED) is 0.141. The number of anilines is 3. The summed E-state index contributed by atoms with van der Waals surface area (Å²) in [5.41, 5.74) is 8.33. The first-order valence-corrected chi connectivity index (χ1v) is 17.6. The monoisotopic (exact) mass is 660 g/mol. The molecule has 6 rings (SSSR count). The van der Waals surface area contributed by atoms with Crippen molar-refractivity contribution in [3.63, 3.8) is 0 Å². The molecular formula is C40H48N6O3. The van der Waals surface area contributed by atoms with E-state index in [-0.39, 0.29) is 5.91 Å². The van der Waals surface area contributed by atoms with E-state index in [1.54, 1.807) is 13.0 Å². The Morgan fingerprint density at radius 3 is 2.29 bits per heavy atom. The average Bonchev–Trinajstić information content (AvgIpc) is 3.12. The second-order valence-electron chi connectivity index (χ2n) is 13.5. The van der Waals surface area contributed by atoms with Crippen molar-refractivity contribution >= 4 is 45.7 Å². The largest absolute Gasteiger partial charge is 0.367 e. The zero-order valence-corrected chi connectivity index (χ0v) is 28.4. The van der Waals surface area contributed by atoms with Crippen LogP contribution in [0.4, 0.5) is 21.9 Å². The van der Waals surface area contributed by atoms with Crippen molar-refractivity contribution in [1.29, 1.82) is 0 Å². The van der Waals surface area contributed by atoms with Crippen molar-refractivity contribution in [3.05, 3.63) is 102 Å². The van der Waals surface area contributed by atoms with Crippen molar-refractivity contribution in [1.82, 2.24) is 10.2 Å². The summed E-state index contributed by atoms with van der Waals surface area (Å²) < 4.78 is 0. The third kappa shape index (κ3) is 8.23. The molecule has 4 amide bonds. The summed E-state index contributed by atoms with van der Waals surface area (Å²) in [5.74, 6) is -0.748. The van der Waals surface area contributed by atoms with E-state index in [4.69, 9.17) is 5.73 Å². The standard InChI is InChI=1S/C40H48N6O3/c1-40(38(41)48,34-20-11-16-30-15-8-9-19-33(30)34)44-39(49)42-31-22-23-36(46-26-24-45(25-27-46)32-17-6-3-7-18-32)35(28-31)43-37(47)21-10-14-29-12-4-2-5-13-29/h2,4-5,8-9,11-13,15-16,19-20,22-23,28,32H,3,6-7,10,14,17-18,21,24-27H2,1H3,(H2,41,48)(H,43,47)(H2,42,44,49). The van der Waals surface area contributed by atoms with Crippen molar-refractivity contribution in [2.75, 3.05) is 41.7 Å². The molecule has 0 aromatic heterocycles. The van der Waals surface area contributed by atoms with E-state index in [9.17, 15) is 14.4 Å². The van der Waals surface area contributed by atoms with Crippen molar-refractivity contribution in [2.45, 2.75) is 69.9 Å². The van der Waals surface area contributed by atoms with E-state index in [0.29, 0.717) is 29.4 Å². The molecule has 0 bridgehead atoms. The molecule has 1 atom stereocenters. The number of rotatable bonds is 11. The van der Waals surface area contributed by atoms with Crippen LogP contribution in [0.2, 0.25) is 0 Å². The Morgan fingerprint density at radius 1 is 0.816 bits per heavy atom. The lowest BCUT2D eigenvalue weighted by molar-refractivity contribution is -0.123. The predicted octanol–water partition coefficient (Wildman–Crippen LogP) is 6.78. The van der Waals surface area contributed by atoms with Gasteiger partial charge < -0.3 is 26.6 Å². The molecule has 49 heavy (non-hydrogen) atoms. The van der Waals surface area contributed by atoms with Crippen LogP contribution in [0, 0.1) is 0 Å². The van der Waals surface area contributed by atoms with Gasteiger partial charge in [0.2, 0.25) is 11.8 Å². The van der Waals surface area contributed by atoms with E-state index < -0.39 is 17.5 Å². The van der Waals surface area contributed by atoms with Crippen LogP contribution in [0.15, 0.2) is 91.0 Å². The van der Waals surface area contributed by atoms with Crippen LogP contribution in [0.25, 0.3) is 10.8 Å². The fourth-order valence-electron chi connectivity index (χ4n) is 7.39. The van der Waals surface area contributed by atoms with Crippen molar-refractivity contribution in [3.8, 4) is 0 Å². The lowest BCUT2D eigenvalue weighted by Gasteiger charge is -2.42. The number of nitrogens with zero attached hydrogens (tertiary/aromatic N) is 2. The molecule has 4 aromatic carbocycles. The van der Waals surface area contributed by atoms with Gasteiger partial charge in [-0.05, 0) is 72.7 Å². The van der Waals surface area contributed by atoms with Crippen LogP contribution in [0.3, 0.4) is 0 Å². The third-order valence-corrected chi connectivity index (χ3v) is 10.2. The molecule has 9 heteroatoms. The summed E-state index contributed by atoms with van der Waals surface area (Å²) in [4.78, 5) is 44.6. The number of carbonyl (C=O) groups excluding carboxylic acids is 3. The maximum absolute atomic E-state index is 13.5. The van der Waals surface area contributed by atoms with Gasteiger partial charge in [0.25, 0.3) is 0 Å². The van der Waals surface area contributed by atoms with Crippen LogP contribution in [-0.4, -0.2) is 55.0 Å². The minimum absolute atomic E-state index is 0.0723. The number of carbonyl (C=O) groups is 3. The van der Waals surface area contributed by atoms with Gasteiger partial charge in [-0.1, -0.05) is 92.1 Å². The second-order valence-corrected chi connectivity index (χ2v) is 13.5. The number of urea groups is 1. The average molecular weight is 661 g/mol. The molecule has 1 heterocycles. The highest BCUT2D eigenvalue weighted by Gasteiger charge is 2.36. The zero-order chi connectivity index (χ0) is 34.2. The van der Waals surface area contributed by atoms with E-state index >= 15 is 0 Å². The van der Waals surface area contributed by atoms with Gasteiger partial charge in [-0.2, -0.15) is 0 Å². The van der Waals surface area contributed by atoms with E-state index in [0.717, 1.165) is 55.5 Å². The Bertz CT molecular complexity index is 1760. The van der Waals surface area contributed by atoms with Gasteiger partial charge in [-0.3, -0.25) is 14.5 Å². The Morgan fingerprint density at radius 2 is 1.53 bits per heavy atom. The molecule has 1 unspecified atom stereocenters. The first-order valence-electron chi connectivity index (χ1n) is 17.6. The van der Waals surface area contributed by atoms with Gasteiger partial charge in [0, 0.05) is 44.3 Å². The first kappa shape index (κ1) is 34.0. The molecule has 0 spiro atoms. The number of hydrogen-bond donors (Lipinski definition) is 4. The number of benzene rings is 4. The highest BCUT2D eigenvalue weighted by Crippen LogP contribution is 2.33. The number of nitrogens with two attached hydrogens (primary N) is 1. The SMILES string of the molecule is CC(NC(=O)Nc1ccc(N2CCN(C3CCCCC3)CC2)c(NC(=O)CCCc2ccccc2)c1)(C(N)=O)c1cccc2ccccc12. The summed E-state index contributed by atoms with van der Waals surface area (Å²) >= 11 is 0. The molecule has 2 aliphatic rings. The first-order chi connectivity index (χ1) is 23.8. The van der Waals surface area contributed by atoms with Crippen LogP contribution < -0.4 is 26.6 Å². The van der Waals surface area contributed by atoms with Gasteiger partial charge in [0.1, 0.15) is 5.54 Å². The topological polar surface area (TPSA) is 120 Å². The summed E-state index contributed by atoms with van der Waals surface area (Å²) in [5, 5.41) is 10.7. The number of primary amides is 1. The molecule has 2 fully saturated rings. The minimum Gasteiger partial charge on any atom is -0.367 e. The van der Waals surface area contributed by atoms with Gasteiger partial charge in [-0.25, -0.2) is 4.79 Å². The maximum atomic E-state index is 13.5. The normalized spacial score (nSPS) is 16.9. The van der Waals surface area contributed by atoms with E-state index in [2.05, 4.69) is 37.9 Å². The molecule has 0 radical (unpaired) electrons. The molecule has 4 aromatic rings. The van der Waals surface area contributed by atoms with Gasteiger partial charge >= 0.3 is 6.03 Å². The van der Waals surface area contributed by atoms with Gasteiger partial charge in [0.05, 0.1) is 11.4 Å². The smallest absolute Gasteiger partial charge is 0.320 e. The molecular weight excluding hydrogens is 612 g/mol. The van der Waals surface area contributed by atoms with Crippen LogP contribution in [-0.2, 0) is 21.5 Å². The summed E-state index contributed by atoms with van der Waals surface area (Å²) in [7, 11) is 0. The molecule has 1 saturated heterocycles. The van der Waals surface area contributed by atoms with Gasteiger partial charge in [-0.15, -0.1) is 0 Å². The maximum Gasteiger partial charge on any atom is 0.320 e. The van der Waals surface area contributed by atoms with Crippen LogP contribution >= 0.6 is 0 Å².